The Morgan fingerprint density at radius 1 is 1.11 bits per heavy atom. The summed E-state index contributed by atoms with van der Waals surface area (Å²) < 4.78 is 65.4. The first-order valence-corrected chi connectivity index (χ1v) is 12.9. The molecule has 0 aromatic heterocycles. The van der Waals surface area contributed by atoms with Crippen LogP contribution < -0.4 is 9.62 Å². The highest BCUT2D eigenvalue weighted by atomic mass is 35.5. The average Bonchev–Trinajstić information content (AvgIpc) is 2.79. The zero-order valence-corrected chi connectivity index (χ0v) is 21.0. The van der Waals surface area contributed by atoms with Crippen molar-refractivity contribution >= 4 is 39.1 Å². The molecule has 2 aromatic carbocycles. The molecule has 0 aliphatic rings. The van der Waals surface area contributed by atoms with Crippen molar-refractivity contribution in [3.05, 3.63) is 64.7 Å². The van der Waals surface area contributed by atoms with Crippen LogP contribution in [-0.2, 0) is 32.2 Å². The van der Waals surface area contributed by atoms with Crippen LogP contribution in [0.5, 0.6) is 0 Å². The largest absolute Gasteiger partial charge is 0.416 e. The molecule has 2 rings (SSSR count). The predicted molar refractivity (Wildman–Crippen MR) is 129 cm³/mol. The summed E-state index contributed by atoms with van der Waals surface area (Å²) in [5, 5.41) is 2.21. The van der Waals surface area contributed by atoms with E-state index in [1.807, 2.05) is 30.3 Å². The van der Waals surface area contributed by atoms with Crippen LogP contribution in [0.15, 0.2) is 48.5 Å². The fraction of sp³-hybridized carbons (Fsp3) is 0.391. The lowest BCUT2D eigenvalue weighted by Crippen LogP contribution is -2.52. The molecule has 0 bridgehead atoms. The van der Waals surface area contributed by atoms with Gasteiger partial charge in [0.05, 0.1) is 22.5 Å². The normalized spacial score (nSPS) is 12.7. The average molecular weight is 534 g/mol. The lowest BCUT2D eigenvalue weighted by atomic mass is 10.1. The molecule has 1 N–H and O–H groups in total. The molecule has 12 heteroatoms. The van der Waals surface area contributed by atoms with Gasteiger partial charge in [0.1, 0.15) is 12.6 Å². The standard InChI is InChI=1S/C23H27ClF3N3O4S/c1-4-19(22(32)28-2)29(13-12-16-8-6-5-7-9-16)21(31)15-30(35(3,33)34)20-14-17(23(25,26)27)10-11-18(20)24/h5-11,14,19H,4,12-13,15H2,1-3H3,(H,28,32)/t19-/m1/s1. The van der Waals surface area contributed by atoms with E-state index >= 15 is 0 Å². The predicted octanol–water partition coefficient (Wildman–Crippen LogP) is 3.72. The Kier molecular flexibility index (Phi) is 9.56. The van der Waals surface area contributed by atoms with Gasteiger partial charge in [0.25, 0.3) is 0 Å². The van der Waals surface area contributed by atoms with Crippen molar-refractivity contribution < 1.29 is 31.2 Å². The summed E-state index contributed by atoms with van der Waals surface area (Å²) in [5.41, 5.74) is -0.706. The highest BCUT2D eigenvalue weighted by Gasteiger charge is 2.35. The van der Waals surface area contributed by atoms with Crippen molar-refractivity contribution in [2.75, 3.05) is 30.7 Å². The number of hydrogen-bond donors (Lipinski definition) is 1. The van der Waals surface area contributed by atoms with Crippen LogP contribution in [0.1, 0.15) is 24.5 Å². The third-order valence-corrected chi connectivity index (χ3v) is 6.78. The number of halogens is 4. The monoisotopic (exact) mass is 533 g/mol. The van der Waals surface area contributed by atoms with E-state index < -0.39 is 51.9 Å². The number of anilines is 1. The van der Waals surface area contributed by atoms with Crippen LogP contribution >= 0.6 is 11.6 Å². The van der Waals surface area contributed by atoms with E-state index in [1.54, 1.807) is 6.92 Å². The molecule has 0 aliphatic carbocycles. The van der Waals surface area contributed by atoms with Crippen molar-refractivity contribution in [1.29, 1.82) is 0 Å². The third-order valence-electron chi connectivity index (χ3n) is 5.34. The van der Waals surface area contributed by atoms with E-state index in [0.29, 0.717) is 16.8 Å². The summed E-state index contributed by atoms with van der Waals surface area (Å²) in [6.07, 6.45) is -3.37. The van der Waals surface area contributed by atoms with E-state index in [-0.39, 0.29) is 18.0 Å². The minimum atomic E-state index is -4.75. The lowest BCUT2D eigenvalue weighted by molar-refractivity contribution is -0.139. The van der Waals surface area contributed by atoms with Crippen LogP contribution in [0.2, 0.25) is 5.02 Å². The van der Waals surface area contributed by atoms with Gasteiger partial charge in [-0.15, -0.1) is 0 Å². The van der Waals surface area contributed by atoms with Crippen molar-refractivity contribution in [2.24, 2.45) is 0 Å². The smallest absolute Gasteiger partial charge is 0.357 e. The van der Waals surface area contributed by atoms with Gasteiger partial charge >= 0.3 is 6.18 Å². The molecule has 0 unspecified atom stereocenters. The molecule has 0 heterocycles. The van der Waals surface area contributed by atoms with Crippen molar-refractivity contribution in [3.63, 3.8) is 0 Å². The Hall–Kier alpha value is -2.79. The topological polar surface area (TPSA) is 86.8 Å². The minimum absolute atomic E-state index is 0.0860. The molecule has 0 aliphatic heterocycles. The molecule has 2 aromatic rings. The van der Waals surface area contributed by atoms with Gasteiger partial charge < -0.3 is 10.2 Å². The number of likely N-dealkylation sites (N-methyl/N-ethyl adjacent to an activating group) is 1. The summed E-state index contributed by atoms with van der Waals surface area (Å²) in [7, 11) is -2.81. The summed E-state index contributed by atoms with van der Waals surface area (Å²) in [4.78, 5) is 27.1. The molecule has 0 saturated heterocycles. The van der Waals surface area contributed by atoms with Crippen LogP contribution in [0.25, 0.3) is 0 Å². The van der Waals surface area contributed by atoms with Gasteiger partial charge in [-0.05, 0) is 36.6 Å². The zero-order valence-electron chi connectivity index (χ0n) is 19.5. The van der Waals surface area contributed by atoms with Gasteiger partial charge in [0.15, 0.2) is 0 Å². The number of carbonyl (C=O) groups excluding carboxylic acids is 2. The quantitative estimate of drug-likeness (QED) is 0.504. The summed E-state index contributed by atoms with van der Waals surface area (Å²) in [6, 6.07) is 10.5. The number of hydrogen-bond acceptors (Lipinski definition) is 4. The first-order valence-electron chi connectivity index (χ1n) is 10.7. The van der Waals surface area contributed by atoms with E-state index in [1.165, 1.54) is 11.9 Å². The van der Waals surface area contributed by atoms with Crippen molar-refractivity contribution in [1.82, 2.24) is 10.2 Å². The molecular formula is C23H27ClF3N3O4S. The third kappa shape index (κ3) is 7.60. The molecule has 0 radical (unpaired) electrons. The molecule has 0 saturated carbocycles. The highest BCUT2D eigenvalue weighted by molar-refractivity contribution is 7.92. The summed E-state index contributed by atoms with van der Waals surface area (Å²) in [6.45, 7) is 0.950. The second kappa shape index (κ2) is 11.8. The van der Waals surface area contributed by atoms with Crippen LogP contribution in [0, 0.1) is 0 Å². The van der Waals surface area contributed by atoms with Crippen LogP contribution in [0.4, 0.5) is 18.9 Å². The second-order valence-corrected chi connectivity index (χ2v) is 10.1. The number of amides is 2. The van der Waals surface area contributed by atoms with E-state index in [0.717, 1.165) is 24.0 Å². The number of alkyl halides is 3. The Morgan fingerprint density at radius 3 is 2.26 bits per heavy atom. The molecule has 0 spiro atoms. The second-order valence-electron chi connectivity index (χ2n) is 7.79. The number of benzene rings is 2. The Balaban J connectivity index is 2.45. The fourth-order valence-corrected chi connectivity index (χ4v) is 4.66. The Morgan fingerprint density at radius 2 is 1.74 bits per heavy atom. The van der Waals surface area contributed by atoms with Gasteiger partial charge in [0.2, 0.25) is 21.8 Å². The molecule has 1 atom stereocenters. The number of rotatable bonds is 10. The number of sulfonamides is 1. The Labute approximate surface area is 207 Å². The van der Waals surface area contributed by atoms with Crippen LogP contribution in [0.3, 0.4) is 0 Å². The van der Waals surface area contributed by atoms with Gasteiger partial charge in [-0.3, -0.25) is 13.9 Å². The highest BCUT2D eigenvalue weighted by Crippen LogP contribution is 2.36. The number of nitrogens with one attached hydrogen (secondary N) is 1. The van der Waals surface area contributed by atoms with Crippen molar-refractivity contribution in [3.8, 4) is 0 Å². The summed E-state index contributed by atoms with van der Waals surface area (Å²) in [5.74, 6) is -1.20. The zero-order chi connectivity index (χ0) is 26.4. The number of carbonyl (C=O) groups is 2. The van der Waals surface area contributed by atoms with E-state index in [4.69, 9.17) is 11.6 Å². The SMILES string of the molecule is CC[C@H](C(=O)NC)N(CCc1ccccc1)C(=O)CN(c1cc(C(F)(F)F)ccc1Cl)S(C)(=O)=O. The van der Waals surface area contributed by atoms with E-state index in [2.05, 4.69) is 5.32 Å². The van der Waals surface area contributed by atoms with E-state index in [9.17, 15) is 31.2 Å². The van der Waals surface area contributed by atoms with Gasteiger partial charge in [-0.2, -0.15) is 13.2 Å². The maximum atomic E-state index is 13.4. The maximum absolute atomic E-state index is 13.4. The van der Waals surface area contributed by atoms with Gasteiger partial charge in [-0.25, -0.2) is 8.42 Å². The molecule has 0 fully saturated rings. The molecule has 2 amide bonds. The molecule has 35 heavy (non-hydrogen) atoms. The van der Waals surface area contributed by atoms with Gasteiger partial charge in [-0.1, -0.05) is 48.9 Å². The van der Waals surface area contributed by atoms with Crippen LogP contribution in [-0.4, -0.2) is 57.6 Å². The molecule has 7 nitrogen and oxygen atoms in total. The van der Waals surface area contributed by atoms with Gasteiger partial charge in [0, 0.05) is 13.6 Å². The minimum Gasteiger partial charge on any atom is -0.357 e. The maximum Gasteiger partial charge on any atom is 0.416 e. The first-order chi connectivity index (χ1) is 16.3. The number of nitrogens with zero attached hydrogens (tertiary/aromatic N) is 2. The fourth-order valence-electron chi connectivity index (χ4n) is 3.54. The molecule has 192 valence electrons. The first kappa shape index (κ1) is 28.4. The summed E-state index contributed by atoms with van der Waals surface area (Å²) >= 11 is 6.05. The lowest BCUT2D eigenvalue weighted by Gasteiger charge is -2.32. The Bertz CT molecular complexity index is 1140. The molecular weight excluding hydrogens is 507 g/mol. The van der Waals surface area contributed by atoms with Crippen molar-refractivity contribution in [2.45, 2.75) is 32.0 Å².